The van der Waals surface area contributed by atoms with Gasteiger partial charge in [-0.05, 0) is 124 Å². The van der Waals surface area contributed by atoms with Crippen molar-refractivity contribution in [3.8, 4) is 44.5 Å². The molecule has 0 fully saturated rings. The smallest absolute Gasteiger partial charge is 0.143 e. The van der Waals surface area contributed by atoms with E-state index in [1.54, 1.807) is 0 Å². The second-order valence-corrected chi connectivity index (χ2v) is 16.0. The molecular formula is C55H36O. The monoisotopic (exact) mass is 712 g/mol. The third-order valence-electron chi connectivity index (χ3n) is 12.6. The summed E-state index contributed by atoms with van der Waals surface area (Å²) in [7, 11) is 0. The molecule has 56 heavy (non-hydrogen) atoms. The van der Waals surface area contributed by atoms with E-state index in [0.29, 0.717) is 0 Å². The molecule has 1 heteroatoms. The first-order valence-electron chi connectivity index (χ1n) is 19.6. The van der Waals surface area contributed by atoms with E-state index in [-0.39, 0.29) is 5.41 Å². The number of fused-ring (bicyclic) bond motifs is 12. The van der Waals surface area contributed by atoms with Gasteiger partial charge in [0.1, 0.15) is 11.2 Å². The van der Waals surface area contributed by atoms with Crippen molar-refractivity contribution >= 4 is 65.0 Å². The summed E-state index contributed by atoms with van der Waals surface area (Å²) in [5.74, 6) is 0. The van der Waals surface area contributed by atoms with Crippen molar-refractivity contribution in [3.05, 3.63) is 193 Å². The van der Waals surface area contributed by atoms with E-state index in [1.165, 1.54) is 104 Å². The van der Waals surface area contributed by atoms with Gasteiger partial charge in [0.25, 0.3) is 0 Å². The van der Waals surface area contributed by atoms with Crippen LogP contribution < -0.4 is 0 Å². The lowest BCUT2D eigenvalue weighted by atomic mass is 9.81. The first-order chi connectivity index (χ1) is 27.5. The Balaban J connectivity index is 1.09. The normalized spacial score (nSPS) is 13.3. The van der Waals surface area contributed by atoms with E-state index >= 15 is 0 Å². The molecule has 0 radical (unpaired) electrons. The van der Waals surface area contributed by atoms with Crippen molar-refractivity contribution < 1.29 is 4.42 Å². The molecule has 0 saturated heterocycles. The molecule has 1 aliphatic rings. The minimum Gasteiger partial charge on any atom is -0.455 e. The molecule has 10 aromatic carbocycles. The summed E-state index contributed by atoms with van der Waals surface area (Å²) in [5.41, 5.74) is 14.5. The van der Waals surface area contributed by atoms with Gasteiger partial charge in [0.15, 0.2) is 0 Å². The number of hydrogen-bond donors (Lipinski definition) is 0. The van der Waals surface area contributed by atoms with Crippen LogP contribution in [0, 0.1) is 0 Å². The lowest BCUT2D eigenvalue weighted by molar-refractivity contribution is 0.657. The van der Waals surface area contributed by atoms with Gasteiger partial charge in [-0.15, -0.1) is 0 Å². The molecule has 1 aliphatic carbocycles. The van der Waals surface area contributed by atoms with Crippen LogP contribution in [0.15, 0.2) is 186 Å². The molecule has 1 heterocycles. The SMILES string of the molecule is CC1(C)c2ccc(-c3c4ccccc4c(-c4cccc(-c5ccc6ccccc6c5)c4)c4ccccc34)cc2-c2c1ccc1oc3c4ccccc4ccc3c21. The Morgan fingerprint density at radius 1 is 0.357 bits per heavy atom. The van der Waals surface area contributed by atoms with Gasteiger partial charge in [-0.2, -0.15) is 0 Å². The number of hydrogen-bond acceptors (Lipinski definition) is 1. The maximum atomic E-state index is 6.72. The topological polar surface area (TPSA) is 13.1 Å². The molecule has 1 aromatic heterocycles. The average molecular weight is 713 g/mol. The quantitative estimate of drug-likeness (QED) is 0.166. The van der Waals surface area contributed by atoms with E-state index < -0.39 is 0 Å². The Hall–Kier alpha value is -6.96. The Kier molecular flexibility index (Phi) is 6.46. The lowest BCUT2D eigenvalue weighted by Gasteiger charge is -2.22. The molecule has 0 unspecified atom stereocenters. The van der Waals surface area contributed by atoms with E-state index in [4.69, 9.17) is 4.42 Å². The highest BCUT2D eigenvalue weighted by Gasteiger charge is 2.38. The molecule has 12 rings (SSSR count). The fourth-order valence-corrected chi connectivity index (χ4v) is 9.97. The van der Waals surface area contributed by atoms with Gasteiger partial charge in [0.05, 0.1) is 0 Å². The zero-order valence-electron chi connectivity index (χ0n) is 31.2. The summed E-state index contributed by atoms with van der Waals surface area (Å²) < 4.78 is 6.72. The summed E-state index contributed by atoms with van der Waals surface area (Å²) in [5, 5.41) is 12.3. The number of rotatable bonds is 3. The Morgan fingerprint density at radius 2 is 0.911 bits per heavy atom. The summed E-state index contributed by atoms with van der Waals surface area (Å²) >= 11 is 0. The molecule has 0 atom stereocenters. The fourth-order valence-electron chi connectivity index (χ4n) is 9.97. The van der Waals surface area contributed by atoms with E-state index in [2.05, 4.69) is 196 Å². The first-order valence-corrected chi connectivity index (χ1v) is 19.6. The van der Waals surface area contributed by atoms with Gasteiger partial charge in [0, 0.05) is 21.6 Å². The summed E-state index contributed by atoms with van der Waals surface area (Å²) in [6, 6.07) is 67.2. The van der Waals surface area contributed by atoms with Crippen LogP contribution in [0.1, 0.15) is 25.0 Å². The molecule has 1 nitrogen and oxygen atoms in total. The molecule has 0 N–H and O–H groups in total. The lowest BCUT2D eigenvalue weighted by Crippen LogP contribution is -2.14. The standard InChI is InChI=1S/C55H36O/c1-55(2)47-27-25-39(32-46(47)52-48(55)28-29-49-53(52)45-26-24-34-13-5-6-17-40(34)54(45)56-49)51-43-20-9-7-18-41(43)50(42-19-8-10-21-44(42)51)38-16-11-15-36(31-38)37-23-22-33-12-3-4-14-35(33)30-37/h3-32H,1-2H3. The highest BCUT2D eigenvalue weighted by Crippen LogP contribution is 2.55. The van der Waals surface area contributed by atoms with E-state index in [1.807, 2.05) is 0 Å². The zero-order valence-corrected chi connectivity index (χ0v) is 31.2. The first kappa shape index (κ1) is 31.4. The maximum absolute atomic E-state index is 6.72. The van der Waals surface area contributed by atoms with Crippen LogP contribution in [0.3, 0.4) is 0 Å². The largest absolute Gasteiger partial charge is 0.455 e. The fraction of sp³-hybridized carbons (Fsp3) is 0.0545. The van der Waals surface area contributed by atoms with Gasteiger partial charge >= 0.3 is 0 Å². The van der Waals surface area contributed by atoms with Crippen molar-refractivity contribution in [2.75, 3.05) is 0 Å². The van der Waals surface area contributed by atoms with Crippen molar-refractivity contribution in [1.82, 2.24) is 0 Å². The molecule has 11 aromatic rings. The molecular weight excluding hydrogens is 677 g/mol. The van der Waals surface area contributed by atoms with Crippen LogP contribution in [0.4, 0.5) is 0 Å². The zero-order chi connectivity index (χ0) is 37.1. The van der Waals surface area contributed by atoms with Gasteiger partial charge in [0.2, 0.25) is 0 Å². The second kappa shape index (κ2) is 11.5. The Bertz CT molecular complexity index is 3390. The van der Waals surface area contributed by atoms with Crippen LogP contribution >= 0.6 is 0 Å². The van der Waals surface area contributed by atoms with Crippen LogP contribution in [0.2, 0.25) is 0 Å². The van der Waals surface area contributed by atoms with Crippen LogP contribution in [-0.4, -0.2) is 0 Å². The third-order valence-corrected chi connectivity index (χ3v) is 12.6. The molecule has 262 valence electrons. The van der Waals surface area contributed by atoms with Gasteiger partial charge in [-0.1, -0.05) is 166 Å². The van der Waals surface area contributed by atoms with Crippen molar-refractivity contribution in [2.24, 2.45) is 0 Å². The second-order valence-electron chi connectivity index (χ2n) is 16.0. The van der Waals surface area contributed by atoms with Crippen molar-refractivity contribution in [2.45, 2.75) is 19.3 Å². The minimum absolute atomic E-state index is 0.151. The number of furan rings is 1. The van der Waals surface area contributed by atoms with Gasteiger partial charge in [-0.25, -0.2) is 0 Å². The van der Waals surface area contributed by atoms with Gasteiger partial charge in [-0.3, -0.25) is 0 Å². The summed E-state index contributed by atoms with van der Waals surface area (Å²) in [4.78, 5) is 0. The molecule has 0 bridgehead atoms. The van der Waals surface area contributed by atoms with Crippen molar-refractivity contribution in [1.29, 1.82) is 0 Å². The summed E-state index contributed by atoms with van der Waals surface area (Å²) in [6.45, 7) is 4.74. The predicted octanol–water partition coefficient (Wildman–Crippen LogP) is 15.5. The van der Waals surface area contributed by atoms with Crippen molar-refractivity contribution in [3.63, 3.8) is 0 Å². The maximum Gasteiger partial charge on any atom is 0.143 e. The molecule has 0 spiro atoms. The van der Waals surface area contributed by atoms with Crippen LogP contribution in [0.5, 0.6) is 0 Å². The summed E-state index contributed by atoms with van der Waals surface area (Å²) in [6.07, 6.45) is 0. The van der Waals surface area contributed by atoms with E-state index in [0.717, 1.165) is 16.6 Å². The predicted molar refractivity (Wildman–Crippen MR) is 238 cm³/mol. The third kappa shape index (κ3) is 4.37. The van der Waals surface area contributed by atoms with Gasteiger partial charge < -0.3 is 4.42 Å². The van der Waals surface area contributed by atoms with Crippen LogP contribution in [-0.2, 0) is 5.41 Å². The molecule has 0 amide bonds. The Morgan fingerprint density at radius 3 is 1.64 bits per heavy atom. The average Bonchev–Trinajstić information content (AvgIpc) is 3.74. The minimum atomic E-state index is -0.151. The highest BCUT2D eigenvalue weighted by molar-refractivity contribution is 6.23. The van der Waals surface area contributed by atoms with E-state index in [9.17, 15) is 0 Å². The highest BCUT2D eigenvalue weighted by atomic mass is 16.3. The number of benzene rings is 10. The van der Waals surface area contributed by atoms with Crippen LogP contribution in [0.25, 0.3) is 110 Å². The Labute approximate surface area is 325 Å². The molecule has 0 saturated carbocycles. The molecule has 0 aliphatic heterocycles.